The Labute approximate surface area is 103 Å². The molecule has 2 N–H and O–H groups in total. The molecule has 0 spiro atoms. The molecule has 2 atom stereocenters. The van der Waals surface area contributed by atoms with Gasteiger partial charge in [-0.3, -0.25) is 4.79 Å². The van der Waals surface area contributed by atoms with Crippen molar-refractivity contribution in [2.24, 2.45) is 5.92 Å². The molecule has 5 nitrogen and oxygen atoms in total. The van der Waals surface area contributed by atoms with E-state index in [1.165, 1.54) is 0 Å². The van der Waals surface area contributed by atoms with E-state index in [0.717, 1.165) is 12.8 Å². The number of amides is 2. The molecule has 5 heteroatoms. The van der Waals surface area contributed by atoms with Crippen molar-refractivity contribution in [1.82, 2.24) is 10.2 Å². The molecular formula is C12H24N2O3. The smallest absolute Gasteiger partial charge is 0.317 e. The molecule has 0 radical (unpaired) electrons. The van der Waals surface area contributed by atoms with Crippen LogP contribution < -0.4 is 5.32 Å². The summed E-state index contributed by atoms with van der Waals surface area (Å²) in [6.45, 7) is 6.29. The first-order valence-electron chi connectivity index (χ1n) is 6.10. The van der Waals surface area contributed by atoms with Crippen molar-refractivity contribution < 1.29 is 14.7 Å². The first-order valence-corrected chi connectivity index (χ1v) is 6.10. The number of nitrogens with zero attached hydrogens (tertiary/aromatic N) is 1. The second-order valence-corrected chi connectivity index (χ2v) is 4.64. The van der Waals surface area contributed by atoms with Crippen LogP contribution in [0.15, 0.2) is 0 Å². The number of urea groups is 1. The lowest BCUT2D eigenvalue weighted by molar-refractivity contribution is -0.137. The maximum Gasteiger partial charge on any atom is 0.317 e. The van der Waals surface area contributed by atoms with Gasteiger partial charge in [0.15, 0.2) is 0 Å². The summed E-state index contributed by atoms with van der Waals surface area (Å²) in [5.74, 6) is -0.884. The minimum Gasteiger partial charge on any atom is -0.481 e. The van der Waals surface area contributed by atoms with Crippen LogP contribution in [0, 0.1) is 5.92 Å². The molecule has 2 unspecified atom stereocenters. The Hall–Kier alpha value is -1.26. The molecule has 0 rings (SSSR count). The van der Waals surface area contributed by atoms with Gasteiger partial charge in [-0.1, -0.05) is 20.3 Å². The van der Waals surface area contributed by atoms with Gasteiger partial charge in [0, 0.05) is 26.1 Å². The number of carbonyl (C=O) groups excluding carboxylic acids is 1. The largest absolute Gasteiger partial charge is 0.481 e. The van der Waals surface area contributed by atoms with E-state index in [4.69, 9.17) is 5.11 Å². The molecule has 0 aromatic heterocycles. The van der Waals surface area contributed by atoms with Crippen LogP contribution in [0.25, 0.3) is 0 Å². The monoisotopic (exact) mass is 244 g/mol. The summed E-state index contributed by atoms with van der Waals surface area (Å²) >= 11 is 0. The maximum atomic E-state index is 11.7. The van der Waals surface area contributed by atoms with Gasteiger partial charge in [-0.05, 0) is 19.3 Å². The average Bonchev–Trinajstić information content (AvgIpc) is 2.24. The van der Waals surface area contributed by atoms with Gasteiger partial charge in [-0.15, -0.1) is 0 Å². The second-order valence-electron chi connectivity index (χ2n) is 4.64. The van der Waals surface area contributed by atoms with Gasteiger partial charge in [-0.2, -0.15) is 0 Å². The summed E-state index contributed by atoms with van der Waals surface area (Å²) in [6, 6.07) is 0.0676. The summed E-state index contributed by atoms with van der Waals surface area (Å²) in [6.07, 6.45) is 2.08. The fourth-order valence-electron chi connectivity index (χ4n) is 1.57. The third kappa shape index (κ3) is 6.81. The van der Waals surface area contributed by atoms with E-state index in [9.17, 15) is 9.59 Å². The first kappa shape index (κ1) is 15.7. The third-order valence-corrected chi connectivity index (χ3v) is 2.81. The highest BCUT2D eigenvalue weighted by Crippen LogP contribution is 2.05. The lowest BCUT2D eigenvalue weighted by Crippen LogP contribution is -2.43. The van der Waals surface area contributed by atoms with Gasteiger partial charge in [0.05, 0.1) is 0 Å². The molecule has 0 aliphatic heterocycles. The highest BCUT2D eigenvalue weighted by atomic mass is 16.4. The molecule has 17 heavy (non-hydrogen) atoms. The lowest BCUT2D eigenvalue weighted by Gasteiger charge is -2.25. The van der Waals surface area contributed by atoms with Crippen molar-refractivity contribution in [3.05, 3.63) is 0 Å². The zero-order valence-corrected chi connectivity index (χ0v) is 11.2. The second kappa shape index (κ2) is 7.92. The van der Waals surface area contributed by atoms with E-state index < -0.39 is 5.97 Å². The Bertz CT molecular complexity index is 256. The van der Waals surface area contributed by atoms with Crippen LogP contribution in [0.3, 0.4) is 0 Å². The average molecular weight is 244 g/mol. The third-order valence-electron chi connectivity index (χ3n) is 2.81. The Balaban J connectivity index is 3.96. The summed E-state index contributed by atoms with van der Waals surface area (Å²) in [7, 11) is 1.76. The summed E-state index contributed by atoms with van der Waals surface area (Å²) in [4.78, 5) is 23.8. The topological polar surface area (TPSA) is 69.6 Å². The summed E-state index contributed by atoms with van der Waals surface area (Å²) in [5, 5.41) is 11.3. The Morgan fingerprint density at radius 1 is 1.35 bits per heavy atom. The van der Waals surface area contributed by atoms with Gasteiger partial charge in [-0.25, -0.2) is 4.79 Å². The van der Waals surface area contributed by atoms with Crippen LogP contribution in [-0.4, -0.2) is 41.6 Å². The minimum atomic E-state index is -0.834. The number of aliphatic carboxylic acids is 1. The highest BCUT2D eigenvalue weighted by molar-refractivity contribution is 5.74. The molecule has 0 aliphatic carbocycles. The molecular weight excluding hydrogens is 220 g/mol. The predicted octanol–water partition coefficient (Wildman–Crippen LogP) is 1.93. The van der Waals surface area contributed by atoms with Crippen LogP contribution in [0.2, 0.25) is 0 Å². The molecule has 0 saturated heterocycles. The van der Waals surface area contributed by atoms with Gasteiger partial charge in [0.1, 0.15) is 0 Å². The SMILES string of the molecule is CCCC(C)N(C)C(=O)NCC(C)CC(=O)O. The van der Waals surface area contributed by atoms with E-state index in [0.29, 0.717) is 6.54 Å². The van der Waals surface area contributed by atoms with Crippen molar-refractivity contribution >= 4 is 12.0 Å². The number of hydrogen-bond acceptors (Lipinski definition) is 2. The summed E-state index contributed by atoms with van der Waals surface area (Å²) < 4.78 is 0. The molecule has 0 heterocycles. The number of carbonyl (C=O) groups is 2. The first-order chi connectivity index (χ1) is 7.88. The van der Waals surface area contributed by atoms with Crippen LogP contribution >= 0.6 is 0 Å². The minimum absolute atomic E-state index is 0.0497. The number of carboxylic acid groups (broad SMARTS) is 1. The predicted molar refractivity (Wildman–Crippen MR) is 66.9 cm³/mol. The highest BCUT2D eigenvalue weighted by Gasteiger charge is 2.15. The van der Waals surface area contributed by atoms with E-state index in [1.54, 1.807) is 11.9 Å². The molecule has 0 bridgehead atoms. The van der Waals surface area contributed by atoms with Crippen LogP contribution in [0.5, 0.6) is 0 Å². The molecule has 0 aromatic carbocycles. The number of hydrogen-bond donors (Lipinski definition) is 2. The van der Waals surface area contributed by atoms with E-state index in [-0.39, 0.29) is 24.4 Å². The number of nitrogens with one attached hydrogen (secondary N) is 1. The molecule has 0 saturated carbocycles. The van der Waals surface area contributed by atoms with Gasteiger partial charge in [0.25, 0.3) is 0 Å². The fraction of sp³-hybridized carbons (Fsp3) is 0.833. The Kier molecular flexibility index (Phi) is 7.34. The van der Waals surface area contributed by atoms with E-state index >= 15 is 0 Å². The Morgan fingerprint density at radius 2 is 1.94 bits per heavy atom. The lowest BCUT2D eigenvalue weighted by atomic mass is 10.1. The standard InChI is InChI=1S/C12H24N2O3/c1-5-6-10(3)14(4)12(17)13-8-9(2)7-11(15)16/h9-10H,5-8H2,1-4H3,(H,13,17)(H,15,16). The van der Waals surface area contributed by atoms with Crippen molar-refractivity contribution in [2.75, 3.05) is 13.6 Å². The number of carboxylic acids is 1. The van der Waals surface area contributed by atoms with Gasteiger partial charge >= 0.3 is 12.0 Å². The van der Waals surface area contributed by atoms with E-state index in [1.807, 2.05) is 13.8 Å². The van der Waals surface area contributed by atoms with Crippen molar-refractivity contribution in [1.29, 1.82) is 0 Å². The summed E-state index contributed by atoms with van der Waals surface area (Å²) in [5.41, 5.74) is 0. The van der Waals surface area contributed by atoms with Crippen LogP contribution in [0.1, 0.15) is 40.0 Å². The zero-order valence-electron chi connectivity index (χ0n) is 11.2. The van der Waals surface area contributed by atoms with Crippen molar-refractivity contribution in [3.8, 4) is 0 Å². The quantitative estimate of drug-likeness (QED) is 0.719. The van der Waals surface area contributed by atoms with Crippen molar-refractivity contribution in [3.63, 3.8) is 0 Å². The molecule has 0 fully saturated rings. The van der Waals surface area contributed by atoms with Gasteiger partial charge < -0.3 is 15.3 Å². The molecule has 0 aromatic rings. The zero-order chi connectivity index (χ0) is 13.4. The fourth-order valence-corrected chi connectivity index (χ4v) is 1.57. The number of rotatable bonds is 7. The van der Waals surface area contributed by atoms with E-state index in [2.05, 4.69) is 12.2 Å². The normalized spacial score (nSPS) is 13.9. The maximum absolute atomic E-state index is 11.7. The van der Waals surface area contributed by atoms with Crippen LogP contribution in [0.4, 0.5) is 4.79 Å². The van der Waals surface area contributed by atoms with Crippen LogP contribution in [-0.2, 0) is 4.79 Å². The molecule has 0 aliphatic rings. The van der Waals surface area contributed by atoms with Gasteiger partial charge in [0.2, 0.25) is 0 Å². The Morgan fingerprint density at radius 3 is 2.41 bits per heavy atom. The van der Waals surface area contributed by atoms with Crippen molar-refractivity contribution in [2.45, 2.75) is 46.1 Å². The molecule has 2 amide bonds. The molecule has 100 valence electrons.